The average Bonchev–Trinajstić information content (AvgIpc) is 2.54. The Morgan fingerprint density at radius 1 is 0.905 bits per heavy atom. The minimum Gasteiger partial charge on any atom is -0.469 e. The maximum absolute atomic E-state index is 11.4. The lowest BCUT2D eigenvalue weighted by atomic mass is 10.1. The molecule has 0 aliphatic heterocycles. The molecule has 0 unspecified atom stereocenters. The van der Waals surface area contributed by atoms with E-state index in [1.54, 1.807) is 0 Å². The Labute approximate surface area is 126 Å². The zero-order valence-electron chi connectivity index (χ0n) is 12.4. The molecule has 0 aliphatic carbocycles. The Bertz CT molecular complexity index is 498. The van der Waals surface area contributed by atoms with Gasteiger partial charge in [0.05, 0.1) is 13.5 Å². The summed E-state index contributed by atoms with van der Waals surface area (Å²) < 4.78 is 4.74. The van der Waals surface area contributed by atoms with Crippen molar-refractivity contribution in [1.82, 2.24) is 4.90 Å². The lowest BCUT2D eigenvalue weighted by Crippen LogP contribution is -2.26. The Balaban J connectivity index is 2.01. The number of esters is 1. The van der Waals surface area contributed by atoms with Crippen molar-refractivity contribution in [2.45, 2.75) is 19.5 Å². The van der Waals surface area contributed by atoms with Crippen LogP contribution in [0.15, 0.2) is 60.7 Å². The molecule has 0 radical (unpaired) electrons. The molecule has 0 aliphatic rings. The van der Waals surface area contributed by atoms with E-state index in [0.29, 0.717) is 13.0 Å². The van der Waals surface area contributed by atoms with Crippen LogP contribution in [0.5, 0.6) is 0 Å². The summed E-state index contributed by atoms with van der Waals surface area (Å²) in [5.41, 5.74) is 2.50. The van der Waals surface area contributed by atoms with Crippen LogP contribution >= 0.6 is 0 Å². The molecule has 0 amide bonds. The number of hydrogen-bond donors (Lipinski definition) is 0. The van der Waals surface area contributed by atoms with Crippen molar-refractivity contribution in [2.75, 3.05) is 13.7 Å². The fourth-order valence-corrected chi connectivity index (χ4v) is 2.25. The molecule has 0 aromatic heterocycles. The molecule has 0 N–H and O–H groups in total. The molecule has 0 saturated carbocycles. The summed E-state index contributed by atoms with van der Waals surface area (Å²) in [5, 5.41) is 0. The number of carbonyl (C=O) groups excluding carboxylic acids is 1. The monoisotopic (exact) mass is 283 g/mol. The fraction of sp³-hybridized carbons (Fsp3) is 0.278. The van der Waals surface area contributed by atoms with Gasteiger partial charge in [0.1, 0.15) is 0 Å². The SMILES string of the molecule is COC(=O)CCN(Cc1ccccc1)Cc1ccccc1. The first-order valence-corrected chi connectivity index (χ1v) is 7.15. The Morgan fingerprint density at radius 3 is 1.81 bits per heavy atom. The van der Waals surface area contributed by atoms with Crippen LogP contribution in [0.1, 0.15) is 17.5 Å². The summed E-state index contributed by atoms with van der Waals surface area (Å²) in [7, 11) is 1.43. The van der Waals surface area contributed by atoms with E-state index in [0.717, 1.165) is 13.1 Å². The lowest BCUT2D eigenvalue weighted by Gasteiger charge is -2.22. The Morgan fingerprint density at radius 2 is 1.38 bits per heavy atom. The second-order valence-corrected chi connectivity index (χ2v) is 5.01. The van der Waals surface area contributed by atoms with Gasteiger partial charge in [0.15, 0.2) is 0 Å². The van der Waals surface area contributed by atoms with E-state index in [2.05, 4.69) is 29.2 Å². The highest BCUT2D eigenvalue weighted by Crippen LogP contribution is 2.10. The summed E-state index contributed by atoms with van der Waals surface area (Å²) >= 11 is 0. The van der Waals surface area contributed by atoms with E-state index in [9.17, 15) is 4.79 Å². The van der Waals surface area contributed by atoms with Crippen LogP contribution in [-0.4, -0.2) is 24.5 Å². The smallest absolute Gasteiger partial charge is 0.306 e. The minimum absolute atomic E-state index is 0.166. The van der Waals surface area contributed by atoms with Gasteiger partial charge in [-0.25, -0.2) is 0 Å². The number of carbonyl (C=O) groups is 1. The van der Waals surface area contributed by atoms with Gasteiger partial charge in [0.2, 0.25) is 0 Å². The number of hydrogen-bond acceptors (Lipinski definition) is 3. The second kappa shape index (κ2) is 8.22. The largest absolute Gasteiger partial charge is 0.469 e. The van der Waals surface area contributed by atoms with Gasteiger partial charge in [0, 0.05) is 19.6 Å². The van der Waals surface area contributed by atoms with E-state index >= 15 is 0 Å². The highest BCUT2D eigenvalue weighted by atomic mass is 16.5. The van der Waals surface area contributed by atoms with Crippen molar-refractivity contribution in [2.24, 2.45) is 0 Å². The molecule has 0 saturated heterocycles. The Kier molecular flexibility index (Phi) is 5.98. The van der Waals surface area contributed by atoms with E-state index in [1.165, 1.54) is 18.2 Å². The maximum Gasteiger partial charge on any atom is 0.306 e. The predicted molar refractivity (Wildman–Crippen MR) is 83.6 cm³/mol. The van der Waals surface area contributed by atoms with Crippen LogP contribution in [0.2, 0.25) is 0 Å². The summed E-state index contributed by atoms with van der Waals surface area (Å²) in [6.07, 6.45) is 0.413. The van der Waals surface area contributed by atoms with Crippen LogP contribution in [0.3, 0.4) is 0 Å². The highest BCUT2D eigenvalue weighted by molar-refractivity contribution is 5.69. The van der Waals surface area contributed by atoms with Crippen molar-refractivity contribution in [3.05, 3.63) is 71.8 Å². The third-order valence-electron chi connectivity index (χ3n) is 3.36. The molecule has 3 heteroatoms. The van der Waals surface area contributed by atoms with Crippen molar-refractivity contribution >= 4 is 5.97 Å². The van der Waals surface area contributed by atoms with E-state index < -0.39 is 0 Å². The van der Waals surface area contributed by atoms with Gasteiger partial charge in [-0.1, -0.05) is 60.7 Å². The zero-order valence-corrected chi connectivity index (χ0v) is 12.4. The summed E-state index contributed by atoms with van der Waals surface area (Å²) in [5.74, 6) is -0.166. The van der Waals surface area contributed by atoms with E-state index in [1.807, 2.05) is 36.4 Å². The van der Waals surface area contributed by atoms with Gasteiger partial charge >= 0.3 is 5.97 Å². The molecule has 110 valence electrons. The molecule has 2 aromatic rings. The van der Waals surface area contributed by atoms with Gasteiger partial charge in [0.25, 0.3) is 0 Å². The zero-order chi connectivity index (χ0) is 14.9. The minimum atomic E-state index is -0.166. The van der Waals surface area contributed by atoms with Crippen LogP contribution in [0.25, 0.3) is 0 Å². The molecule has 0 fully saturated rings. The van der Waals surface area contributed by atoms with Crippen LogP contribution < -0.4 is 0 Å². The molecule has 21 heavy (non-hydrogen) atoms. The van der Waals surface area contributed by atoms with Crippen LogP contribution in [0.4, 0.5) is 0 Å². The molecule has 0 atom stereocenters. The summed E-state index contributed by atoms with van der Waals surface area (Å²) in [6, 6.07) is 20.6. The van der Waals surface area contributed by atoms with Gasteiger partial charge in [-0.05, 0) is 11.1 Å². The quantitative estimate of drug-likeness (QED) is 0.731. The van der Waals surface area contributed by atoms with Crippen molar-refractivity contribution < 1.29 is 9.53 Å². The number of nitrogens with zero attached hydrogens (tertiary/aromatic N) is 1. The topological polar surface area (TPSA) is 29.5 Å². The second-order valence-electron chi connectivity index (χ2n) is 5.01. The number of benzene rings is 2. The van der Waals surface area contributed by atoms with E-state index in [-0.39, 0.29) is 5.97 Å². The summed E-state index contributed by atoms with van der Waals surface area (Å²) in [4.78, 5) is 13.6. The molecule has 0 bridgehead atoms. The van der Waals surface area contributed by atoms with Gasteiger partial charge < -0.3 is 4.74 Å². The molecular weight excluding hydrogens is 262 g/mol. The van der Waals surface area contributed by atoms with Crippen molar-refractivity contribution in [3.63, 3.8) is 0 Å². The number of rotatable bonds is 7. The molecule has 2 aromatic carbocycles. The molecular formula is C18H21NO2. The average molecular weight is 283 g/mol. The standard InChI is InChI=1S/C18H21NO2/c1-21-18(20)12-13-19(14-16-8-4-2-5-9-16)15-17-10-6-3-7-11-17/h2-11H,12-15H2,1H3. The fourth-order valence-electron chi connectivity index (χ4n) is 2.25. The maximum atomic E-state index is 11.4. The molecule has 0 heterocycles. The van der Waals surface area contributed by atoms with Crippen molar-refractivity contribution in [1.29, 1.82) is 0 Å². The number of ether oxygens (including phenoxy) is 1. The van der Waals surface area contributed by atoms with Gasteiger partial charge in [-0.15, -0.1) is 0 Å². The molecule has 3 nitrogen and oxygen atoms in total. The first-order chi connectivity index (χ1) is 10.3. The Hall–Kier alpha value is -2.13. The lowest BCUT2D eigenvalue weighted by molar-refractivity contribution is -0.141. The molecule has 0 spiro atoms. The van der Waals surface area contributed by atoms with Crippen LogP contribution in [0, 0.1) is 0 Å². The highest BCUT2D eigenvalue weighted by Gasteiger charge is 2.10. The third-order valence-corrected chi connectivity index (χ3v) is 3.36. The van der Waals surface area contributed by atoms with Gasteiger partial charge in [-0.2, -0.15) is 0 Å². The third kappa shape index (κ3) is 5.40. The van der Waals surface area contributed by atoms with Crippen molar-refractivity contribution in [3.8, 4) is 0 Å². The predicted octanol–water partition coefficient (Wildman–Crippen LogP) is 3.25. The van der Waals surface area contributed by atoms with Crippen LogP contribution in [-0.2, 0) is 22.6 Å². The summed E-state index contributed by atoms with van der Waals surface area (Å²) in [6.45, 7) is 2.34. The first kappa shape index (κ1) is 15.3. The van der Waals surface area contributed by atoms with Gasteiger partial charge in [-0.3, -0.25) is 9.69 Å². The normalized spacial score (nSPS) is 10.6. The molecule has 2 rings (SSSR count). The number of methoxy groups -OCH3 is 1. The first-order valence-electron chi connectivity index (χ1n) is 7.15. The van der Waals surface area contributed by atoms with E-state index in [4.69, 9.17) is 4.74 Å².